The maximum atomic E-state index is 4.68. The van der Waals surface area contributed by atoms with E-state index in [0.717, 1.165) is 35.5 Å². The molecule has 2 aromatic heterocycles. The average Bonchev–Trinajstić information content (AvgIpc) is 2.88. The molecule has 0 aliphatic carbocycles. The van der Waals surface area contributed by atoms with E-state index in [0.29, 0.717) is 0 Å². The number of likely N-dealkylation sites (tertiary alicyclic amines) is 1. The molecule has 1 aliphatic rings. The van der Waals surface area contributed by atoms with Crippen LogP contribution in [0.15, 0.2) is 24.5 Å². The fourth-order valence-corrected chi connectivity index (χ4v) is 3.77. The van der Waals surface area contributed by atoms with Crippen LogP contribution in [0.3, 0.4) is 0 Å². The highest BCUT2D eigenvalue weighted by atomic mass is 15.1. The number of aromatic nitrogens is 3. The molecule has 0 bridgehead atoms. The van der Waals surface area contributed by atoms with Crippen LogP contribution in [0.2, 0.25) is 0 Å². The van der Waals surface area contributed by atoms with Crippen LogP contribution in [0.5, 0.6) is 0 Å². The zero-order valence-electron chi connectivity index (χ0n) is 15.5. The molecule has 1 fully saturated rings. The number of hydrogen-bond donors (Lipinski definition) is 0. The number of nitrogens with zero attached hydrogens (tertiary/aromatic N) is 4. The van der Waals surface area contributed by atoms with E-state index >= 15 is 0 Å². The van der Waals surface area contributed by atoms with Crippen LogP contribution in [-0.4, -0.2) is 39.1 Å². The van der Waals surface area contributed by atoms with Crippen LogP contribution < -0.4 is 0 Å². The third kappa shape index (κ3) is 4.04. The Kier molecular flexibility index (Phi) is 5.34. The van der Waals surface area contributed by atoms with Gasteiger partial charge in [0, 0.05) is 26.3 Å². The van der Waals surface area contributed by atoms with Gasteiger partial charge in [0.15, 0.2) is 0 Å². The van der Waals surface area contributed by atoms with Crippen molar-refractivity contribution in [1.82, 2.24) is 19.4 Å². The monoisotopic (exact) mass is 326 g/mol. The summed E-state index contributed by atoms with van der Waals surface area (Å²) in [5.74, 6) is 2.54. The summed E-state index contributed by atoms with van der Waals surface area (Å²) < 4.78 is 2.09. The van der Waals surface area contributed by atoms with E-state index in [1.165, 1.54) is 38.0 Å². The molecule has 2 aromatic rings. The Bertz CT molecular complexity index is 657. The van der Waals surface area contributed by atoms with Crippen molar-refractivity contribution < 1.29 is 0 Å². The van der Waals surface area contributed by atoms with E-state index < -0.39 is 0 Å². The maximum absolute atomic E-state index is 4.68. The minimum Gasteiger partial charge on any atom is -0.330 e. The molecular weight excluding hydrogens is 296 g/mol. The summed E-state index contributed by atoms with van der Waals surface area (Å²) in [5, 5.41) is 0. The molecule has 1 aliphatic heterocycles. The molecule has 0 spiro atoms. The van der Waals surface area contributed by atoms with Crippen molar-refractivity contribution in [3.8, 4) is 11.4 Å². The Labute approximate surface area is 145 Å². The van der Waals surface area contributed by atoms with E-state index in [-0.39, 0.29) is 0 Å². The molecule has 0 amide bonds. The van der Waals surface area contributed by atoms with Gasteiger partial charge in [-0.15, -0.1) is 0 Å². The van der Waals surface area contributed by atoms with Gasteiger partial charge in [-0.25, -0.2) is 4.98 Å². The van der Waals surface area contributed by atoms with Crippen molar-refractivity contribution in [2.75, 3.05) is 19.6 Å². The first kappa shape index (κ1) is 17.2. The van der Waals surface area contributed by atoms with Crippen LogP contribution in [0.4, 0.5) is 0 Å². The minimum absolute atomic E-state index is 0.757. The molecule has 0 saturated carbocycles. The summed E-state index contributed by atoms with van der Waals surface area (Å²) in [7, 11) is 2.04. The third-order valence-corrected chi connectivity index (χ3v) is 5.06. The summed E-state index contributed by atoms with van der Waals surface area (Å²) in [6.45, 7) is 10.4. The molecule has 130 valence electrons. The molecule has 1 atom stereocenters. The number of aryl methyl sites for hydroxylation is 1. The first-order chi connectivity index (χ1) is 11.5. The van der Waals surface area contributed by atoms with Gasteiger partial charge in [-0.3, -0.25) is 4.98 Å². The SMILES string of the molecule is Cc1ncc(-c2ccc(C[C@@H]3CCCN(CC(C)C)C3)cn2)n1C. The van der Waals surface area contributed by atoms with Gasteiger partial charge in [-0.05, 0) is 56.2 Å². The first-order valence-electron chi connectivity index (χ1n) is 9.19. The summed E-state index contributed by atoms with van der Waals surface area (Å²) in [6.07, 6.45) is 7.78. The second-order valence-corrected chi connectivity index (χ2v) is 7.67. The van der Waals surface area contributed by atoms with Gasteiger partial charge in [0.1, 0.15) is 5.82 Å². The van der Waals surface area contributed by atoms with E-state index in [2.05, 4.69) is 51.6 Å². The molecule has 3 rings (SSSR count). The number of rotatable bonds is 5. The third-order valence-electron chi connectivity index (χ3n) is 5.06. The minimum atomic E-state index is 0.757. The maximum Gasteiger partial charge on any atom is 0.105 e. The second kappa shape index (κ2) is 7.47. The fraction of sp³-hybridized carbons (Fsp3) is 0.600. The van der Waals surface area contributed by atoms with Crippen molar-refractivity contribution in [1.29, 1.82) is 0 Å². The lowest BCUT2D eigenvalue weighted by Gasteiger charge is -2.33. The normalized spacial score (nSPS) is 19.1. The van der Waals surface area contributed by atoms with Gasteiger partial charge < -0.3 is 9.47 Å². The predicted molar refractivity (Wildman–Crippen MR) is 98.9 cm³/mol. The Morgan fingerprint density at radius 1 is 1.21 bits per heavy atom. The molecule has 1 saturated heterocycles. The summed E-state index contributed by atoms with van der Waals surface area (Å²) in [4.78, 5) is 11.7. The van der Waals surface area contributed by atoms with E-state index in [9.17, 15) is 0 Å². The van der Waals surface area contributed by atoms with Crippen molar-refractivity contribution in [3.63, 3.8) is 0 Å². The Hall–Kier alpha value is -1.68. The van der Waals surface area contributed by atoms with Gasteiger partial charge in [-0.2, -0.15) is 0 Å². The zero-order chi connectivity index (χ0) is 17.1. The topological polar surface area (TPSA) is 34.0 Å². The van der Waals surface area contributed by atoms with Crippen molar-refractivity contribution in [2.45, 2.75) is 40.0 Å². The van der Waals surface area contributed by atoms with Crippen LogP contribution in [-0.2, 0) is 13.5 Å². The second-order valence-electron chi connectivity index (χ2n) is 7.67. The highest BCUT2D eigenvalue weighted by Crippen LogP contribution is 2.23. The van der Waals surface area contributed by atoms with Gasteiger partial charge in [0.25, 0.3) is 0 Å². The Morgan fingerprint density at radius 3 is 2.67 bits per heavy atom. The molecule has 4 heteroatoms. The molecular formula is C20H30N4. The summed E-state index contributed by atoms with van der Waals surface area (Å²) in [5.41, 5.74) is 3.45. The van der Waals surface area contributed by atoms with Gasteiger partial charge in [-0.1, -0.05) is 19.9 Å². The highest BCUT2D eigenvalue weighted by molar-refractivity contribution is 5.54. The number of pyridine rings is 1. The van der Waals surface area contributed by atoms with Crippen LogP contribution >= 0.6 is 0 Å². The van der Waals surface area contributed by atoms with Gasteiger partial charge in [0.2, 0.25) is 0 Å². The lowest BCUT2D eigenvalue weighted by Crippen LogP contribution is -2.38. The molecule has 0 radical (unpaired) electrons. The van der Waals surface area contributed by atoms with Crippen LogP contribution in [0.25, 0.3) is 11.4 Å². The standard InChI is InChI=1S/C20H30N4/c1-15(2)13-24-9-5-6-18(14-24)10-17-7-8-19(22-11-17)20-12-21-16(3)23(20)4/h7-8,11-12,15,18H,5-6,9-10,13-14H2,1-4H3/t18-/m0/s1. The van der Waals surface area contributed by atoms with Crippen molar-refractivity contribution in [2.24, 2.45) is 18.9 Å². The lowest BCUT2D eigenvalue weighted by molar-refractivity contribution is 0.158. The number of piperidine rings is 1. The smallest absolute Gasteiger partial charge is 0.105 e. The molecule has 24 heavy (non-hydrogen) atoms. The average molecular weight is 326 g/mol. The molecule has 0 unspecified atom stereocenters. The molecule has 4 nitrogen and oxygen atoms in total. The van der Waals surface area contributed by atoms with Crippen LogP contribution in [0, 0.1) is 18.8 Å². The van der Waals surface area contributed by atoms with Gasteiger partial charge in [0.05, 0.1) is 17.6 Å². The van der Waals surface area contributed by atoms with E-state index in [1.807, 2.05) is 20.2 Å². The Morgan fingerprint density at radius 2 is 2.04 bits per heavy atom. The first-order valence-corrected chi connectivity index (χ1v) is 9.19. The summed E-state index contributed by atoms with van der Waals surface area (Å²) >= 11 is 0. The van der Waals surface area contributed by atoms with Gasteiger partial charge >= 0.3 is 0 Å². The van der Waals surface area contributed by atoms with E-state index in [1.54, 1.807) is 0 Å². The molecule has 3 heterocycles. The van der Waals surface area contributed by atoms with Crippen molar-refractivity contribution >= 4 is 0 Å². The van der Waals surface area contributed by atoms with Crippen LogP contribution in [0.1, 0.15) is 38.1 Å². The molecule has 0 aromatic carbocycles. The zero-order valence-corrected chi connectivity index (χ0v) is 15.5. The lowest BCUT2D eigenvalue weighted by atomic mass is 9.91. The molecule has 0 N–H and O–H groups in total. The summed E-state index contributed by atoms with van der Waals surface area (Å²) in [6, 6.07) is 4.38. The highest BCUT2D eigenvalue weighted by Gasteiger charge is 2.20. The van der Waals surface area contributed by atoms with E-state index in [4.69, 9.17) is 0 Å². The number of hydrogen-bond acceptors (Lipinski definition) is 3. The Balaban J connectivity index is 1.63. The predicted octanol–water partition coefficient (Wildman–Crippen LogP) is 3.70. The largest absolute Gasteiger partial charge is 0.330 e. The van der Waals surface area contributed by atoms with Crippen molar-refractivity contribution in [3.05, 3.63) is 35.9 Å². The number of imidazole rings is 1. The fourth-order valence-electron chi connectivity index (χ4n) is 3.77. The quantitative estimate of drug-likeness (QED) is 0.840.